The van der Waals surface area contributed by atoms with E-state index < -0.39 is 0 Å². The Morgan fingerprint density at radius 3 is 2.26 bits per heavy atom. The summed E-state index contributed by atoms with van der Waals surface area (Å²) >= 11 is 0. The van der Waals surface area contributed by atoms with Crippen LogP contribution in [0.5, 0.6) is 11.5 Å². The molecule has 98 valence electrons. The first-order valence-electron chi connectivity index (χ1n) is 5.86. The Labute approximate surface area is 110 Å². The molecule has 0 spiro atoms. The van der Waals surface area contributed by atoms with Gasteiger partial charge in [0.25, 0.3) is 5.91 Å². The van der Waals surface area contributed by atoms with E-state index in [1.807, 2.05) is 6.92 Å². The normalized spacial score (nSPS) is 10.2. The molecule has 0 radical (unpaired) electrons. The summed E-state index contributed by atoms with van der Waals surface area (Å²) in [6.45, 7) is 2.32. The molecule has 5 heteroatoms. The fourth-order valence-corrected chi connectivity index (χ4v) is 1.84. The number of carbonyl (C=O) groups is 1. The zero-order valence-corrected chi connectivity index (χ0v) is 10.4. The van der Waals surface area contributed by atoms with Crippen LogP contribution in [-0.2, 0) is 0 Å². The van der Waals surface area contributed by atoms with Crippen LogP contribution in [-0.4, -0.2) is 27.6 Å². The molecule has 0 fully saturated rings. The van der Waals surface area contributed by atoms with E-state index in [1.165, 1.54) is 23.1 Å². The van der Waals surface area contributed by atoms with Crippen molar-refractivity contribution in [3.63, 3.8) is 0 Å². The fraction of sp³-hybridized carbons (Fsp3) is 0.143. The molecule has 5 nitrogen and oxygen atoms in total. The molecule has 2 N–H and O–H groups in total. The second-order valence-electron chi connectivity index (χ2n) is 3.99. The third-order valence-corrected chi connectivity index (χ3v) is 2.69. The second-order valence-corrected chi connectivity index (χ2v) is 3.99. The van der Waals surface area contributed by atoms with E-state index in [2.05, 4.69) is 4.98 Å². The number of aromatic hydroxyl groups is 2. The van der Waals surface area contributed by atoms with Crippen LogP contribution in [0.4, 0.5) is 5.69 Å². The Bertz CT molecular complexity index is 564. The Hall–Kier alpha value is -2.56. The van der Waals surface area contributed by atoms with Crippen molar-refractivity contribution < 1.29 is 15.0 Å². The van der Waals surface area contributed by atoms with Crippen molar-refractivity contribution in [3.05, 3.63) is 48.3 Å². The number of benzene rings is 1. The minimum Gasteiger partial charge on any atom is -0.508 e. The van der Waals surface area contributed by atoms with Crippen molar-refractivity contribution in [2.45, 2.75) is 6.92 Å². The van der Waals surface area contributed by atoms with Crippen molar-refractivity contribution in [2.75, 3.05) is 11.4 Å². The van der Waals surface area contributed by atoms with Crippen LogP contribution in [0.1, 0.15) is 17.3 Å². The lowest BCUT2D eigenvalue weighted by molar-refractivity contribution is 0.0987. The molecule has 0 aliphatic heterocycles. The van der Waals surface area contributed by atoms with E-state index in [-0.39, 0.29) is 23.0 Å². The van der Waals surface area contributed by atoms with Crippen LogP contribution < -0.4 is 4.90 Å². The van der Waals surface area contributed by atoms with Crippen molar-refractivity contribution in [1.29, 1.82) is 0 Å². The van der Waals surface area contributed by atoms with Crippen LogP contribution >= 0.6 is 0 Å². The number of hydrogen-bond donors (Lipinski definition) is 2. The average molecular weight is 258 g/mol. The van der Waals surface area contributed by atoms with E-state index in [1.54, 1.807) is 24.5 Å². The number of carbonyl (C=O) groups excluding carboxylic acids is 1. The average Bonchev–Trinajstić information content (AvgIpc) is 2.39. The third-order valence-electron chi connectivity index (χ3n) is 2.69. The van der Waals surface area contributed by atoms with Crippen molar-refractivity contribution in [2.24, 2.45) is 0 Å². The number of hydrogen-bond acceptors (Lipinski definition) is 4. The summed E-state index contributed by atoms with van der Waals surface area (Å²) in [4.78, 5) is 17.8. The molecule has 1 heterocycles. The zero-order chi connectivity index (χ0) is 13.8. The van der Waals surface area contributed by atoms with Gasteiger partial charge in [0.1, 0.15) is 11.5 Å². The molecule has 2 rings (SSSR count). The van der Waals surface area contributed by atoms with Gasteiger partial charge in [0.15, 0.2) is 0 Å². The second kappa shape index (κ2) is 5.39. The maximum Gasteiger partial charge on any atom is 0.258 e. The van der Waals surface area contributed by atoms with Gasteiger partial charge >= 0.3 is 0 Å². The highest BCUT2D eigenvalue weighted by atomic mass is 16.3. The van der Waals surface area contributed by atoms with Crippen LogP contribution in [0.25, 0.3) is 0 Å². The lowest BCUT2D eigenvalue weighted by Crippen LogP contribution is -2.30. The third kappa shape index (κ3) is 2.82. The number of phenols is 2. The van der Waals surface area contributed by atoms with Crippen molar-refractivity contribution >= 4 is 11.6 Å². The van der Waals surface area contributed by atoms with E-state index in [9.17, 15) is 15.0 Å². The summed E-state index contributed by atoms with van der Waals surface area (Å²) in [5.74, 6) is -0.580. The van der Waals surface area contributed by atoms with E-state index in [0.717, 1.165) is 0 Å². The molecule has 1 amide bonds. The van der Waals surface area contributed by atoms with Crippen LogP contribution in [0.3, 0.4) is 0 Å². The summed E-state index contributed by atoms with van der Waals surface area (Å²) in [5.41, 5.74) is 0.946. The topological polar surface area (TPSA) is 73.7 Å². The smallest absolute Gasteiger partial charge is 0.258 e. The molecular formula is C14H14N2O3. The highest BCUT2D eigenvalue weighted by Crippen LogP contribution is 2.23. The zero-order valence-electron chi connectivity index (χ0n) is 10.4. The lowest BCUT2D eigenvalue weighted by Gasteiger charge is -2.21. The molecule has 0 aliphatic rings. The standard InChI is InChI=1S/C14H14N2O3/c1-2-16(11-3-5-15-6-4-11)14(19)10-7-12(17)9-13(18)8-10/h3-9,17-18H,2H2,1H3. The SMILES string of the molecule is CCN(C(=O)c1cc(O)cc(O)c1)c1ccncc1. The predicted molar refractivity (Wildman–Crippen MR) is 71.4 cm³/mol. The van der Waals surface area contributed by atoms with Crippen molar-refractivity contribution in [3.8, 4) is 11.5 Å². The van der Waals surface area contributed by atoms with Gasteiger partial charge in [-0.1, -0.05) is 0 Å². The van der Waals surface area contributed by atoms with Gasteiger partial charge in [-0.05, 0) is 31.2 Å². The number of amides is 1. The minimum atomic E-state index is -0.292. The first kappa shape index (κ1) is 12.9. The van der Waals surface area contributed by atoms with Crippen LogP contribution in [0.2, 0.25) is 0 Å². The van der Waals surface area contributed by atoms with E-state index in [0.29, 0.717) is 12.2 Å². The van der Waals surface area contributed by atoms with Gasteiger partial charge in [0.05, 0.1) is 0 Å². The summed E-state index contributed by atoms with van der Waals surface area (Å²) in [6, 6.07) is 7.28. The Morgan fingerprint density at radius 1 is 1.16 bits per heavy atom. The minimum absolute atomic E-state index is 0.144. The number of pyridine rings is 1. The largest absolute Gasteiger partial charge is 0.508 e. The van der Waals surface area contributed by atoms with Gasteiger partial charge in [-0.25, -0.2) is 0 Å². The molecule has 0 saturated carbocycles. The number of anilines is 1. The van der Waals surface area contributed by atoms with Gasteiger partial charge < -0.3 is 15.1 Å². The quantitative estimate of drug-likeness (QED) is 0.884. The van der Waals surface area contributed by atoms with Gasteiger partial charge in [0.2, 0.25) is 0 Å². The first-order valence-corrected chi connectivity index (χ1v) is 5.86. The summed E-state index contributed by atoms with van der Waals surface area (Å²) in [7, 11) is 0. The summed E-state index contributed by atoms with van der Waals surface area (Å²) in [6.07, 6.45) is 3.20. The first-order chi connectivity index (χ1) is 9.11. The van der Waals surface area contributed by atoms with E-state index in [4.69, 9.17) is 0 Å². The van der Waals surface area contributed by atoms with Gasteiger partial charge in [0, 0.05) is 36.3 Å². The maximum atomic E-state index is 12.4. The number of aromatic nitrogens is 1. The number of rotatable bonds is 3. The molecule has 0 atom stereocenters. The fourth-order valence-electron chi connectivity index (χ4n) is 1.84. The summed E-state index contributed by atoms with van der Waals surface area (Å²) < 4.78 is 0. The number of nitrogens with zero attached hydrogens (tertiary/aromatic N) is 2. The molecule has 1 aromatic carbocycles. The molecule has 0 aliphatic carbocycles. The molecule has 2 aromatic rings. The van der Waals surface area contributed by atoms with Gasteiger partial charge in [-0.2, -0.15) is 0 Å². The summed E-state index contributed by atoms with van der Waals surface area (Å²) in [5, 5.41) is 18.9. The predicted octanol–water partition coefficient (Wildman–Crippen LogP) is 2.16. The molecule has 0 saturated heterocycles. The highest BCUT2D eigenvalue weighted by molar-refractivity contribution is 6.06. The number of phenolic OH excluding ortho intramolecular Hbond substituents is 2. The molecular weight excluding hydrogens is 244 g/mol. The van der Waals surface area contributed by atoms with Crippen molar-refractivity contribution in [1.82, 2.24) is 4.98 Å². The Morgan fingerprint density at radius 2 is 1.74 bits per heavy atom. The highest BCUT2D eigenvalue weighted by Gasteiger charge is 2.17. The molecule has 19 heavy (non-hydrogen) atoms. The monoisotopic (exact) mass is 258 g/mol. The Balaban J connectivity index is 2.36. The molecule has 0 unspecified atom stereocenters. The maximum absolute atomic E-state index is 12.4. The van der Waals surface area contributed by atoms with Crippen LogP contribution in [0, 0.1) is 0 Å². The van der Waals surface area contributed by atoms with E-state index >= 15 is 0 Å². The van der Waals surface area contributed by atoms with Gasteiger partial charge in [-0.15, -0.1) is 0 Å². The molecule has 1 aromatic heterocycles. The van der Waals surface area contributed by atoms with Crippen LogP contribution in [0.15, 0.2) is 42.7 Å². The Kier molecular flexibility index (Phi) is 3.66. The molecule has 0 bridgehead atoms. The van der Waals surface area contributed by atoms with Gasteiger partial charge in [-0.3, -0.25) is 9.78 Å². The lowest BCUT2D eigenvalue weighted by atomic mass is 10.1.